The standard InChI is InChI=1S/C19H18BrN7O2/c20-14-13-16(24-11-6-10-7-21-8-12(10)25-18(11)28)22-9-23-17(13)26-15(14)19(29)27-4-2-1-3-5-27/h6-7,9H,1-5,8H2,(H,25,28)(H2,22,23,24,26). The maximum Gasteiger partial charge on any atom is 0.271 e. The van der Waals surface area contributed by atoms with E-state index in [1.165, 1.54) is 6.33 Å². The third-order valence-corrected chi connectivity index (χ3v) is 6.07. The van der Waals surface area contributed by atoms with Gasteiger partial charge in [-0.2, -0.15) is 0 Å². The lowest BCUT2D eigenvalue weighted by Gasteiger charge is -2.26. The topological polar surface area (TPSA) is 119 Å². The van der Waals surface area contributed by atoms with Crippen LogP contribution in [-0.4, -0.2) is 50.0 Å². The van der Waals surface area contributed by atoms with Gasteiger partial charge in [-0.1, -0.05) is 0 Å². The first-order chi connectivity index (χ1) is 14.1. The molecule has 1 fully saturated rings. The molecule has 3 N–H and O–H groups in total. The summed E-state index contributed by atoms with van der Waals surface area (Å²) in [4.78, 5) is 45.9. The molecule has 0 unspecified atom stereocenters. The van der Waals surface area contributed by atoms with E-state index in [1.807, 2.05) is 4.90 Å². The van der Waals surface area contributed by atoms with Crippen molar-refractivity contribution in [1.82, 2.24) is 24.8 Å². The van der Waals surface area contributed by atoms with Crippen LogP contribution in [0.4, 0.5) is 11.5 Å². The molecule has 1 saturated heterocycles. The Morgan fingerprint density at radius 3 is 2.83 bits per heavy atom. The van der Waals surface area contributed by atoms with Gasteiger partial charge >= 0.3 is 0 Å². The number of rotatable bonds is 3. The second kappa shape index (κ2) is 7.11. The van der Waals surface area contributed by atoms with E-state index in [-0.39, 0.29) is 11.5 Å². The van der Waals surface area contributed by atoms with E-state index >= 15 is 0 Å². The number of hydrogen-bond acceptors (Lipinski definition) is 6. The molecule has 2 aliphatic heterocycles. The van der Waals surface area contributed by atoms with Gasteiger partial charge in [0.05, 0.1) is 16.4 Å². The van der Waals surface area contributed by atoms with Crippen LogP contribution < -0.4 is 10.9 Å². The fraction of sp³-hybridized carbons (Fsp3) is 0.316. The molecule has 0 radical (unpaired) electrons. The van der Waals surface area contributed by atoms with Crippen molar-refractivity contribution < 1.29 is 4.79 Å². The maximum atomic E-state index is 13.0. The molecule has 0 spiro atoms. The summed E-state index contributed by atoms with van der Waals surface area (Å²) in [5, 5.41) is 3.71. The van der Waals surface area contributed by atoms with Crippen molar-refractivity contribution in [2.24, 2.45) is 4.99 Å². The zero-order valence-electron chi connectivity index (χ0n) is 15.5. The number of piperidine rings is 1. The summed E-state index contributed by atoms with van der Waals surface area (Å²) in [7, 11) is 0. The Labute approximate surface area is 173 Å². The number of fused-ring (bicyclic) bond motifs is 2. The van der Waals surface area contributed by atoms with E-state index in [9.17, 15) is 9.59 Å². The van der Waals surface area contributed by atoms with Crippen molar-refractivity contribution in [1.29, 1.82) is 0 Å². The molecule has 5 heterocycles. The van der Waals surface area contributed by atoms with E-state index in [1.54, 1.807) is 12.3 Å². The summed E-state index contributed by atoms with van der Waals surface area (Å²) < 4.78 is 0.588. The third-order valence-electron chi connectivity index (χ3n) is 5.28. The van der Waals surface area contributed by atoms with Crippen LogP contribution in [0.5, 0.6) is 0 Å². The van der Waals surface area contributed by atoms with Crippen molar-refractivity contribution in [3.05, 3.63) is 44.2 Å². The number of aromatic nitrogens is 4. The second-order valence-electron chi connectivity index (χ2n) is 7.15. The van der Waals surface area contributed by atoms with Gasteiger partial charge in [-0.15, -0.1) is 0 Å². The van der Waals surface area contributed by atoms with Crippen LogP contribution >= 0.6 is 15.9 Å². The van der Waals surface area contributed by atoms with Gasteiger partial charge in [0, 0.05) is 30.6 Å². The summed E-state index contributed by atoms with van der Waals surface area (Å²) in [5.74, 6) is 0.378. The normalized spacial score (nSPS) is 15.7. The van der Waals surface area contributed by atoms with Crippen LogP contribution in [0.2, 0.25) is 0 Å². The summed E-state index contributed by atoms with van der Waals surface area (Å²) in [6.07, 6.45) is 6.30. The van der Waals surface area contributed by atoms with E-state index in [0.717, 1.165) is 43.6 Å². The molecule has 5 rings (SSSR count). The highest BCUT2D eigenvalue weighted by molar-refractivity contribution is 9.10. The van der Waals surface area contributed by atoms with Gasteiger partial charge in [-0.05, 0) is 41.3 Å². The quantitative estimate of drug-likeness (QED) is 0.560. The molecule has 148 valence electrons. The summed E-state index contributed by atoms with van der Waals surface area (Å²) in [6, 6.07) is 1.75. The Kier molecular flexibility index (Phi) is 4.42. The number of amides is 1. The summed E-state index contributed by atoms with van der Waals surface area (Å²) in [6.45, 7) is 1.99. The molecule has 0 aliphatic carbocycles. The lowest BCUT2D eigenvalue weighted by atomic mass is 10.1. The molecular weight excluding hydrogens is 438 g/mol. The van der Waals surface area contributed by atoms with Crippen LogP contribution in [-0.2, 0) is 6.54 Å². The van der Waals surface area contributed by atoms with Gasteiger partial charge < -0.3 is 20.2 Å². The van der Waals surface area contributed by atoms with E-state index in [2.05, 4.69) is 46.2 Å². The number of anilines is 2. The van der Waals surface area contributed by atoms with Crippen molar-refractivity contribution in [2.45, 2.75) is 25.8 Å². The average molecular weight is 456 g/mol. The fourth-order valence-electron chi connectivity index (χ4n) is 3.77. The number of pyridine rings is 1. The van der Waals surface area contributed by atoms with Gasteiger partial charge in [0.1, 0.15) is 29.2 Å². The highest BCUT2D eigenvalue weighted by Gasteiger charge is 2.25. The molecular formula is C19H18BrN7O2. The maximum absolute atomic E-state index is 13.0. The number of nitrogens with zero attached hydrogens (tertiary/aromatic N) is 4. The summed E-state index contributed by atoms with van der Waals surface area (Å²) >= 11 is 3.55. The second-order valence-corrected chi connectivity index (χ2v) is 7.95. The van der Waals surface area contributed by atoms with Gasteiger partial charge in [-0.25, -0.2) is 9.97 Å². The van der Waals surface area contributed by atoms with Crippen molar-refractivity contribution in [3.63, 3.8) is 0 Å². The Hall–Kier alpha value is -3.01. The molecule has 9 nitrogen and oxygen atoms in total. The largest absolute Gasteiger partial charge is 0.337 e. The van der Waals surface area contributed by atoms with Crippen molar-refractivity contribution in [3.8, 4) is 0 Å². The minimum atomic E-state index is -0.253. The molecule has 2 aliphatic rings. The van der Waals surface area contributed by atoms with Crippen LogP contribution in [0.15, 0.2) is 26.7 Å². The molecule has 3 aromatic heterocycles. The van der Waals surface area contributed by atoms with Gasteiger partial charge in [0.2, 0.25) is 0 Å². The SMILES string of the molecule is O=C(c1[nH]c2ncnc(Nc3cc4c([nH]c3=O)CN=C4)c2c1Br)N1CCCCC1. The number of aliphatic imine (C=N–C) groups is 1. The highest BCUT2D eigenvalue weighted by atomic mass is 79.9. The lowest BCUT2D eigenvalue weighted by Crippen LogP contribution is -2.35. The lowest BCUT2D eigenvalue weighted by molar-refractivity contribution is 0.0718. The smallest absolute Gasteiger partial charge is 0.271 e. The van der Waals surface area contributed by atoms with Gasteiger partial charge in [-0.3, -0.25) is 14.6 Å². The Bertz CT molecular complexity index is 1210. The van der Waals surface area contributed by atoms with E-state index in [0.29, 0.717) is 39.3 Å². The van der Waals surface area contributed by atoms with Gasteiger partial charge in [0.25, 0.3) is 11.5 Å². The fourth-order valence-corrected chi connectivity index (χ4v) is 4.41. The number of H-pyrrole nitrogens is 2. The molecule has 0 aromatic carbocycles. The van der Waals surface area contributed by atoms with E-state index < -0.39 is 0 Å². The zero-order chi connectivity index (χ0) is 20.0. The number of hydrogen-bond donors (Lipinski definition) is 3. The third kappa shape index (κ3) is 3.13. The number of halogens is 1. The molecule has 10 heteroatoms. The zero-order valence-corrected chi connectivity index (χ0v) is 17.0. The number of aromatic amines is 2. The predicted octanol–water partition coefficient (Wildman–Crippen LogP) is 2.71. The first kappa shape index (κ1) is 18.0. The predicted molar refractivity (Wildman–Crippen MR) is 113 cm³/mol. The minimum absolute atomic E-state index is 0.0629. The van der Waals surface area contributed by atoms with Crippen molar-refractivity contribution in [2.75, 3.05) is 18.4 Å². The Morgan fingerprint density at radius 1 is 1.17 bits per heavy atom. The average Bonchev–Trinajstić information content (AvgIpc) is 3.33. The van der Waals surface area contributed by atoms with Gasteiger partial charge in [0.15, 0.2) is 0 Å². The molecule has 0 atom stereocenters. The molecule has 0 bridgehead atoms. The number of likely N-dealkylation sites (tertiary alicyclic amines) is 1. The molecule has 0 saturated carbocycles. The molecule has 1 amide bonds. The number of carbonyl (C=O) groups excluding carboxylic acids is 1. The first-order valence-electron chi connectivity index (χ1n) is 9.46. The molecule has 29 heavy (non-hydrogen) atoms. The monoisotopic (exact) mass is 455 g/mol. The van der Waals surface area contributed by atoms with Crippen molar-refractivity contribution >= 4 is 50.6 Å². The Balaban J connectivity index is 1.54. The van der Waals surface area contributed by atoms with Crippen LogP contribution in [0.3, 0.4) is 0 Å². The first-order valence-corrected chi connectivity index (χ1v) is 10.3. The molecule has 3 aromatic rings. The van der Waals surface area contributed by atoms with Crippen LogP contribution in [0.25, 0.3) is 11.0 Å². The highest BCUT2D eigenvalue weighted by Crippen LogP contribution is 2.33. The van der Waals surface area contributed by atoms with E-state index in [4.69, 9.17) is 0 Å². The number of carbonyl (C=O) groups is 1. The Morgan fingerprint density at radius 2 is 2.00 bits per heavy atom. The van der Waals surface area contributed by atoms with Crippen LogP contribution in [0.1, 0.15) is 41.0 Å². The minimum Gasteiger partial charge on any atom is -0.337 e. The number of nitrogens with one attached hydrogen (secondary N) is 3. The summed E-state index contributed by atoms with van der Waals surface area (Å²) in [5.41, 5.74) is 2.73. The van der Waals surface area contributed by atoms with Crippen LogP contribution in [0, 0.1) is 0 Å².